The van der Waals surface area contributed by atoms with Crippen molar-refractivity contribution in [2.75, 3.05) is 0 Å². The summed E-state index contributed by atoms with van der Waals surface area (Å²) in [6.07, 6.45) is -0.495. The third-order valence-electron chi connectivity index (χ3n) is 1.47. The Hall–Kier alpha value is -1.84. The van der Waals surface area contributed by atoms with Crippen LogP contribution in [0.15, 0.2) is 24.3 Å². The lowest BCUT2D eigenvalue weighted by Gasteiger charge is -2.04. The Morgan fingerprint density at radius 1 is 1.46 bits per heavy atom. The average Bonchev–Trinajstić information content (AvgIpc) is 2.09. The fraction of sp³-hybridized carbons (Fsp3) is 0.111. The Morgan fingerprint density at radius 3 is 2.77 bits per heavy atom. The largest absolute Gasteiger partial charge is 0.419 e. The van der Waals surface area contributed by atoms with Crippen molar-refractivity contribution in [3.63, 3.8) is 0 Å². The number of imide groups is 1. The van der Waals surface area contributed by atoms with E-state index in [2.05, 4.69) is 0 Å². The molecule has 0 aliphatic rings. The van der Waals surface area contributed by atoms with Crippen LogP contribution in [0.4, 0.5) is 4.79 Å². The molecule has 0 aliphatic heterocycles. The van der Waals surface area contributed by atoms with Gasteiger partial charge in [0.05, 0.1) is 0 Å². The molecule has 0 fully saturated rings. The summed E-state index contributed by atoms with van der Waals surface area (Å²) < 4.78 is 4.80. The van der Waals surface area contributed by atoms with Gasteiger partial charge in [-0.05, 0) is 18.6 Å². The van der Waals surface area contributed by atoms with Crippen molar-refractivity contribution in [2.45, 2.75) is 6.92 Å². The molecule has 0 saturated carbocycles. The van der Waals surface area contributed by atoms with Crippen LogP contribution in [0.5, 0.6) is 5.75 Å². The molecule has 4 heteroatoms. The molecule has 1 aromatic carbocycles. The minimum Gasteiger partial charge on any atom is -0.410 e. The second kappa shape index (κ2) is 4.25. The molecule has 0 aromatic heterocycles. The summed E-state index contributed by atoms with van der Waals surface area (Å²) in [6, 6.07) is 7.04. The lowest BCUT2D eigenvalue weighted by atomic mass is 10.2. The fourth-order valence-corrected chi connectivity index (χ4v) is 0.848. The van der Waals surface area contributed by atoms with Gasteiger partial charge in [-0.3, -0.25) is 10.1 Å². The van der Waals surface area contributed by atoms with Gasteiger partial charge >= 0.3 is 6.09 Å². The standard InChI is InChI=1S/C9H9NO3/c1-7-4-2-3-5-8(7)13-9(12)10-6-11/h2-6H,1H3,(H,10,11,12). The number of rotatable bonds is 2. The first-order valence-electron chi connectivity index (χ1n) is 3.71. The third-order valence-corrected chi connectivity index (χ3v) is 1.47. The zero-order chi connectivity index (χ0) is 9.68. The quantitative estimate of drug-likeness (QED) is 0.695. The molecule has 0 spiro atoms. The number of carbonyl (C=O) groups excluding carboxylic acids is 2. The number of para-hydroxylation sites is 1. The first-order valence-corrected chi connectivity index (χ1v) is 3.71. The van der Waals surface area contributed by atoms with Crippen molar-refractivity contribution in [3.05, 3.63) is 29.8 Å². The van der Waals surface area contributed by atoms with Crippen LogP contribution in [0.25, 0.3) is 0 Å². The lowest BCUT2D eigenvalue weighted by molar-refractivity contribution is -0.108. The second-order valence-corrected chi connectivity index (χ2v) is 2.42. The highest BCUT2D eigenvalue weighted by atomic mass is 16.6. The summed E-state index contributed by atoms with van der Waals surface area (Å²) in [5.41, 5.74) is 0.837. The van der Waals surface area contributed by atoms with E-state index in [1.54, 1.807) is 12.1 Å². The molecule has 0 atom stereocenters. The number of carbonyl (C=O) groups is 2. The summed E-state index contributed by atoms with van der Waals surface area (Å²) in [4.78, 5) is 20.7. The van der Waals surface area contributed by atoms with E-state index in [1.165, 1.54) is 0 Å². The fourth-order valence-electron chi connectivity index (χ4n) is 0.848. The zero-order valence-electron chi connectivity index (χ0n) is 7.11. The van der Waals surface area contributed by atoms with Gasteiger partial charge in [-0.15, -0.1) is 0 Å². The lowest BCUT2D eigenvalue weighted by Crippen LogP contribution is -2.25. The number of benzene rings is 1. The van der Waals surface area contributed by atoms with Crippen LogP contribution < -0.4 is 10.1 Å². The zero-order valence-corrected chi connectivity index (χ0v) is 7.11. The summed E-state index contributed by atoms with van der Waals surface area (Å²) >= 11 is 0. The second-order valence-electron chi connectivity index (χ2n) is 2.42. The average molecular weight is 179 g/mol. The molecular weight excluding hydrogens is 170 g/mol. The van der Waals surface area contributed by atoms with E-state index in [-0.39, 0.29) is 6.41 Å². The number of amides is 2. The van der Waals surface area contributed by atoms with Crippen molar-refractivity contribution in [1.29, 1.82) is 0 Å². The number of hydrogen-bond donors (Lipinski definition) is 1. The Balaban J connectivity index is 2.68. The molecule has 1 aromatic rings. The first kappa shape index (κ1) is 9.25. The van der Waals surface area contributed by atoms with Crippen molar-refractivity contribution in [2.24, 2.45) is 0 Å². The molecule has 0 unspecified atom stereocenters. The minimum atomic E-state index is -0.774. The van der Waals surface area contributed by atoms with Gasteiger partial charge < -0.3 is 4.74 Å². The third kappa shape index (κ3) is 2.59. The molecule has 1 rings (SSSR count). The Kier molecular flexibility index (Phi) is 3.03. The smallest absolute Gasteiger partial charge is 0.410 e. The van der Waals surface area contributed by atoms with Gasteiger partial charge in [-0.2, -0.15) is 0 Å². The molecule has 0 aliphatic carbocycles. The molecule has 0 bridgehead atoms. The highest BCUT2D eigenvalue weighted by Crippen LogP contribution is 2.15. The summed E-state index contributed by atoms with van der Waals surface area (Å²) in [5.74, 6) is 0.446. The van der Waals surface area contributed by atoms with E-state index in [0.29, 0.717) is 5.75 Å². The van der Waals surface area contributed by atoms with Crippen LogP contribution in [-0.2, 0) is 4.79 Å². The van der Waals surface area contributed by atoms with Gasteiger partial charge in [0, 0.05) is 0 Å². The number of nitrogens with one attached hydrogen (secondary N) is 1. The predicted octanol–water partition coefficient (Wildman–Crippen LogP) is 1.24. The van der Waals surface area contributed by atoms with Crippen LogP contribution >= 0.6 is 0 Å². The highest BCUT2D eigenvalue weighted by Gasteiger charge is 2.03. The molecule has 4 nitrogen and oxygen atoms in total. The highest BCUT2D eigenvalue weighted by molar-refractivity contribution is 5.81. The topological polar surface area (TPSA) is 55.4 Å². The maximum absolute atomic E-state index is 10.8. The number of ether oxygens (including phenoxy) is 1. The van der Waals surface area contributed by atoms with E-state index in [9.17, 15) is 9.59 Å². The number of aryl methyl sites for hydroxylation is 1. The van der Waals surface area contributed by atoms with Gasteiger partial charge in [0.25, 0.3) is 0 Å². The molecule has 68 valence electrons. The van der Waals surface area contributed by atoms with Gasteiger partial charge in [0.1, 0.15) is 5.75 Å². The molecule has 1 N–H and O–H groups in total. The number of hydrogen-bond acceptors (Lipinski definition) is 3. The van der Waals surface area contributed by atoms with Gasteiger partial charge in [0.2, 0.25) is 6.41 Å². The summed E-state index contributed by atoms with van der Waals surface area (Å²) in [6.45, 7) is 1.81. The SMILES string of the molecule is Cc1ccccc1OC(=O)NC=O. The van der Waals surface area contributed by atoms with Gasteiger partial charge in [-0.1, -0.05) is 18.2 Å². The molecule has 0 saturated heterocycles. The van der Waals surface area contributed by atoms with Crippen LogP contribution in [0.3, 0.4) is 0 Å². The normalized spacial score (nSPS) is 9.00. The van der Waals surface area contributed by atoms with Crippen LogP contribution in [0.1, 0.15) is 5.56 Å². The van der Waals surface area contributed by atoms with Gasteiger partial charge in [-0.25, -0.2) is 4.79 Å². The molecule has 0 heterocycles. The summed E-state index contributed by atoms with van der Waals surface area (Å²) in [5, 5.41) is 1.88. The Labute approximate surface area is 75.5 Å². The van der Waals surface area contributed by atoms with E-state index < -0.39 is 6.09 Å². The molecular formula is C9H9NO3. The summed E-state index contributed by atoms with van der Waals surface area (Å²) in [7, 11) is 0. The minimum absolute atomic E-state index is 0.278. The first-order chi connectivity index (χ1) is 6.24. The van der Waals surface area contributed by atoms with Crippen molar-refractivity contribution in [3.8, 4) is 5.75 Å². The Morgan fingerprint density at radius 2 is 2.15 bits per heavy atom. The van der Waals surface area contributed by atoms with E-state index in [1.807, 2.05) is 24.4 Å². The molecule has 13 heavy (non-hydrogen) atoms. The molecule has 0 radical (unpaired) electrons. The Bertz CT molecular complexity index is 322. The van der Waals surface area contributed by atoms with E-state index in [4.69, 9.17) is 4.74 Å². The van der Waals surface area contributed by atoms with Crippen LogP contribution in [0.2, 0.25) is 0 Å². The maximum Gasteiger partial charge on any atom is 0.419 e. The van der Waals surface area contributed by atoms with E-state index in [0.717, 1.165) is 5.56 Å². The van der Waals surface area contributed by atoms with Crippen molar-refractivity contribution < 1.29 is 14.3 Å². The maximum atomic E-state index is 10.8. The van der Waals surface area contributed by atoms with E-state index >= 15 is 0 Å². The van der Waals surface area contributed by atoms with Crippen LogP contribution in [0, 0.1) is 6.92 Å². The van der Waals surface area contributed by atoms with Crippen molar-refractivity contribution >= 4 is 12.5 Å². The van der Waals surface area contributed by atoms with Crippen molar-refractivity contribution in [1.82, 2.24) is 5.32 Å². The molecule has 2 amide bonds. The monoisotopic (exact) mass is 179 g/mol. The predicted molar refractivity (Wildman–Crippen MR) is 46.4 cm³/mol. The van der Waals surface area contributed by atoms with Gasteiger partial charge in [0.15, 0.2) is 0 Å². The van der Waals surface area contributed by atoms with Crippen LogP contribution in [-0.4, -0.2) is 12.5 Å².